The number of carbonyl (C=O) groups is 2. The highest BCUT2D eigenvalue weighted by molar-refractivity contribution is 7.92. The Morgan fingerprint density at radius 2 is 1.36 bits per heavy atom. The molecule has 1 aliphatic heterocycles. The van der Waals surface area contributed by atoms with Gasteiger partial charge in [0.05, 0.1) is 10.1 Å². The molecule has 0 aromatic heterocycles. The Morgan fingerprint density at radius 1 is 0.857 bits per heavy atom. The van der Waals surface area contributed by atoms with Crippen molar-refractivity contribution in [1.82, 2.24) is 4.90 Å². The van der Waals surface area contributed by atoms with Crippen LogP contribution >= 0.6 is 0 Å². The van der Waals surface area contributed by atoms with Crippen LogP contribution in [0.25, 0.3) is 0 Å². The number of nitrogen functional groups attached to an aromatic ring is 1. The van der Waals surface area contributed by atoms with Crippen LogP contribution in [0.1, 0.15) is 44.1 Å². The fourth-order valence-electron chi connectivity index (χ4n) is 4.80. The number of alkyl halides is 7. The van der Waals surface area contributed by atoms with Crippen LogP contribution in [0.3, 0.4) is 0 Å². The molecule has 1 atom stereocenters. The first-order valence-electron chi connectivity index (χ1n) is 12.8. The fraction of sp³-hybridized carbons (Fsp3) is 0.481. The van der Waals surface area contributed by atoms with Crippen molar-refractivity contribution in [2.75, 3.05) is 18.8 Å². The van der Waals surface area contributed by atoms with Crippen molar-refractivity contribution >= 4 is 27.9 Å². The highest BCUT2D eigenvalue weighted by Gasteiger charge is 2.73. The smallest absolute Gasteiger partial charge is 0.435 e. The lowest BCUT2D eigenvalue weighted by Gasteiger charge is -2.30. The van der Waals surface area contributed by atoms with Crippen molar-refractivity contribution in [3.8, 4) is 0 Å². The van der Waals surface area contributed by atoms with Crippen LogP contribution in [-0.2, 0) is 25.1 Å². The molecule has 2 aromatic carbocycles. The predicted octanol–water partition coefficient (Wildman–Crippen LogP) is 5.90. The zero-order valence-corrected chi connectivity index (χ0v) is 23.1. The van der Waals surface area contributed by atoms with Gasteiger partial charge >= 0.3 is 18.0 Å². The van der Waals surface area contributed by atoms with E-state index in [1.807, 2.05) is 0 Å². The van der Waals surface area contributed by atoms with E-state index in [0.717, 1.165) is 37.8 Å². The van der Waals surface area contributed by atoms with Crippen molar-refractivity contribution in [2.45, 2.75) is 66.7 Å². The number of benzene rings is 2. The van der Waals surface area contributed by atoms with Crippen LogP contribution in [0.15, 0.2) is 59.5 Å². The molecule has 1 aliphatic carbocycles. The van der Waals surface area contributed by atoms with E-state index in [1.165, 1.54) is 12.5 Å². The standard InChI is InChI=1S/C17H24N2O3S.C9H5F7.CH2O2/c18-14-6-8-15(9-7-14)23(21,22)16-10-11-19(12-16)17(20)13-4-2-1-3-5-13;10-7(8(11,12)13,9(14,15)16)6-4-2-1-3-5-6;2-1-3/h6-9,13,16H,1-5,10-12,18H2;1-5H;1H,(H,2,3). The summed E-state index contributed by atoms with van der Waals surface area (Å²) >= 11 is 0. The molecule has 3 N–H and O–H groups in total. The van der Waals surface area contributed by atoms with Crippen LogP contribution in [-0.4, -0.2) is 61.5 Å². The number of nitrogens with two attached hydrogens (primary N) is 1. The van der Waals surface area contributed by atoms with Crippen molar-refractivity contribution < 1.29 is 53.8 Å². The van der Waals surface area contributed by atoms with Gasteiger partial charge in [-0.15, -0.1) is 0 Å². The summed E-state index contributed by atoms with van der Waals surface area (Å²) in [6, 6.07) is 10.2. The molecular formula is C27H31F7N2O5S. The third-order valence-electron chi connectivity index (χ3n) is 7.01. The van der Waals surface area contributed by atoms with E-state index < -0.39 is 38.7 Å². The minimum absolute atomic E-state index is 0.0988. The highest BCUT2D eigenvalue weighted by Crippen LogP contribution is 2.53. The number of nitrogens with zero attached hydrogens (tertiary/aromatic N) is 1. The average Bonchev–Trinajstić information content (AvgIpc) is 3.44. The Kier molecular flexibility index (Phi) is 11.8. The number of likely N-dealkylation sites (tertiary alicyclic amines) is 1. The van der Waals surface area contributed by atoms with Gasteiger partial charge in [-0.3, -0.25) is 9.59 Å². The van der Waals surface area contributed by atoms with E-state index in [4.69, 9.17) is 15.6 Å². The van der Waals surface area contributed by atoms with Crippen LogP contribution in [0.5, 0.6) is 0 Å². The Balaban J connectivity index is 0.000000284. The number of hydrogen-bond donors (Lipinski definition) is 2. The maximum absolute atomic E-state index is 13.3. The second-order valence-electron chi connectivity index (χ2n) is 9.77. The van der Waals surface area contributed by atoms with E-state index in [2.05, 4.69) is 0 Å². The van der Waals surface area contributed by atoms with Crippen molar-refractivity contribution in [3.63, 3.8) is 0 Å². The number of sulfone groups is 1. The SMILES string of the molecule is FC(F)(F)C(F)(c1ccccc1)C(F)(F)F.Nc1ccc(S(=O)(=O)C2CCN(C(=O)C3CCCCC3)C2)cc1.O=CO. The first-order chi connectivity index (χ1) is 19.5. The van der Waals surface area contributed by atoms with Gasteiger partial charge in [0.2, 0.25) is 5.91 Å². The molecule has 1 heterocycles. The number of carboxylic acid groups (broad SMARTS) is 1. The lowest BCUT2D eigenvalue weighted by atomic mass is 9.88. The minimum atomic E-state index is -6.05. The average molecular weight is 629 g/mol. The summed E-state index contributed by atoms with van der Waals surface area (Å²) in [5.41, 5.74) is -0.643. The fourth-order valence-corrected chi connectivity index (χ4v) is 6.49. The summed E-state index contributed by atoms with van der Waals surface area (Å²) in [4.78, 5) is 23.0. The molecule has 15 heteroatoms. The predicted molar refractivity (Wildman–Crippen MR) is 140 cm³/mol. The summed E-state index contributed by atoms with van der Waals surface area (Å²) in [5.74, 6) is 0.251. The molecule has 234 valence electrons. The number of amides is 1. The molecule has 2 aliphatic rings. The van der Waals surface area contributed by atoms with Crippen molar-refractivity contribution in [3.05, 3.63) is 60.2 Å². The molecule has 4 rings (SSSR count). The monoisotopic (exact) mass is 628 g/mol. The number of rotatable bonds is 4. The third kappa shape index (κ3) is 8.13. The van der Waals surface area contributed by atoms with Gasteiger partial charge in [0.1, 0.15) is 0 Å². The molecule has 1 saturated heterocycles. The van der Waals surface area contributed by atoms with Gasteiger partial charge in [-0.1, -0.05) is 49.6 Å². The molecule has 2 aromatic rings. The lowest BCUT2D eigenvalue weighted by molar-refractivity contribution is -0.348. The second kappa shape index (κ2) is 14.2. The second-order valence-corrected chi connectivity index (χ2v) is 12.0. The lowest BCUT2D eigenvalue weighted by Crippen LogP contribution is -2.50. The van der Waals surface area contributed by atoms with Gasteiger partial charge in [0, 0.05) is 30.3 Å². The maximum atomic E-state index is 13.3. The summed E-state index contributed by atoms with van der Waals surface area (Å²) in [5, 5.41) is 6.39. The van der Waals surface area contributed by atoms with E-state index in [0.29, 0.717) is 42.2 Å². The molecule has 1 amide bonds. The molecule has 0 spiro atoms. The molecule has 2 fully saturated rings. The zero-order valence-electron chi connectivity index (χ0n) is 22.2. The van der Waals surface area contributed by atoms with Gasteiger partial charge < -0.3 is 15.7 Å². The topological polar surface area (TPSA) is 118 Å². The quantitative estimate of drug-likeness (QED) is 0.247. The van der Waals surface area contributed by atoms with Crippen LogP contribution in [0, 0.1) is 5.92 Å². The molecule has 7 nitrogen and oxygen atoms in total. The van der Waals surface area contributed by atoms with E-state index >= 15 is 0 Å². The summed E-state index contributed by atoms with van der Waals surface area (Å²) in [7, 11) is -3.40. The largest absolute Gasteiger partial charge is 0.483 e. The molecule has 1 unspecified atom stereocenters. The van der Waals surface area contributed by atoms with Gasteiger partial charge in [0.25, 0.3) is 6.47 Å². The minimum Gasteiger partial charge on any atom is -0.483 e. The third-order valence-corrected chi connectivity index (χ3v) is 9.20. The maximum Gasteiger partial charge on any atom is 0.435 e. The number of hydrogen-bond acceptors (Lipinski definition) is 5. The highest BCUT2D eigenvalue weighted by atomic mass is 32.2. The van der Waals surface area contributed by atoms with Gasteiger partial charge in [-0.05, 0) is 43.5 Å². The number of anilines is 1. The molecular weight excluding hydrogens is 597 g/mol. The zero-order chi connectivity index (χ0) is 31.8. The van der Waals surface area contributed by atoms with E-state index in [-0.39, 0.29) is 18.3 Å². The molecule has 0 radical (unpaired) electrons. The van der Waals surface area contributed by atoms with Crippen molar-refractivity contribution in [1.29, 1.82) is 0 Å². The Morgan fingerprint density at radius 3 is 1.83 bits per heavy atom. The van der Waals surface area contributed by atoms with Gasteiger partial charge in [-0.2, -0.15) is 26.3 Å². The van der Waals surface area contributed by atoms with Crippen LogP contribution in [0.4, 0.5) is 36.4 Å². The van der Waals surface area contributed by atoms with Gasteiger partial charge in [0.15, 0.2) is 9.84 Å². The van der Waals surface area contributed by atoms with Crippen LogP contribution in [0.2, 0.25) is 0 Å². The Bertz CT molecular complexity index is 1250. The first kappa shape index (κ1) is 34.8. The van der Waals surface area contributed by atoms with Crippen molar-refractivity contribution in [2.24, 2.45) is 5.92 Å². The van der Waals surface area contributed by atoms with Crippen LogP contribution < -0.4 is 5.73 Å². The molecule has 42 heavy (non-hydrogen) atoms. The normalized spacial score (nSPS) is 18.3. The summed E-state index contributed by atoms with van der Waals surface area (Å²) in [6.45, 7) is 0.621. The molecule has 1 saturated carbocycles. The Labute approximate surface area is 238 Å². The van der Waals surface area contributed by atoms with E-state index in [9.17, 15) is 43.9 Å². The summed E-state index contributed by atoms with van der Waals surface area (Å²) in [6.07, 6.45) is -6.26. The first-order valence-corrected chi connectivity index (χ1v) is 14.4. The number of carbonyl (C=O) groups excluding carboxylic acids is 1. The Hall–Kier alpha value is -3.36. The van der Waals surface area contributed by atoms with E-state index in [1.54, 1.807) is 29.2 Å². The van der Waals surface area contributed by atoms with Gasteiger partial charge in [-0.25, -0.2) is 12.8 Å². The summed E-state index contributed by atoms with van der Waals surface area (Å²) < 4.78 is 112. The number of halogens is 7. The molecule has 0 bridgehead atoms.